The van der Waals surface area contributed by atoms with Crippen LogP contribution in [0.2, 0.25) is 0 Å². The summed E-state index contributed by atoms with van der Waals surface area (Å²) in [4.78, 5) is 16.3. The Morgan fingerprint density at radius 1 is 1.10 bits per heavy atom. The molecule has 1 N–H and O–H groups in total. The molecular formula is C21H22N4O3S. The van der Waals surface area contributed by atoms with Gasteiger partial charge in [0.15, 0.2) is 0 Å². The summed E-state index contributed by atoms with van der Waals surface area (Å²) in [6.07, 6.45) is 6.05. The maximum Gasteiger partial charge on any atom is 0.251 e. The molecule has 1 aromatic heterocycles. The Kier molecular flexibility index (Phi) is 5.35. The van der Waals surface area contributed by atoms with Crippen LogP contribution < -0.4 is 9.62 Å². The number of carbonyl (C=O) groups excluding carboxylic acids is 1. The molecule has 1 amide bonds. The number of benzene rings is 2. The number of imidazole rings is 1. The van der Waals surface area contributed by atoms with E-state index in [0.717, 1.165) is 16.8 Å². The first-order chi connectivity index (χ1) is 14.0. The standard InChI is InChI=1S/C21H22N4O3S/c26-21(19-7-5-17(6-8-19)15-24-13-10-22-16-24)23-11-14-29(27,28)25-12-9-18-3-1-2-4-20(18)25/h1-8,10,13,16H,9,11-12,14-15H2,(H,23,26). The number of sulfonamides is 1. The predicted molar refractivity (Wildman–Crippen MR) is 111 cm³/mol. The first-order valence-electron chi connectivity index (χ1n) is 9.44. The second kappa shape index (κ2) is 8.08. The molecule has 1 aliphatic heterocycles. The van der Waals surface area contributed by atoms with E-state index >= 15 is 0 Å². The monoisotopic (exact) mass is 410 g/mol. The van der Waals surface area contributed by atoms with Gasteiger partial charge in [-0.25, -0.2) is 13.4 Å². The third-order valence-electron chi connectivity index (χ3n) is 4.97. The molecule has 0 saturated carbocycles. The minimum Gasteiger partial charge on any atom is -0.351 e. The first kappa shape index (κ1) is 19.2. The van der Waals surface area contributed by atoms with Crippen molar-refractivity contribution < 1.29 is 13.2 Å². The fraction of sp³-hybridized carbons (Fsp3) is 0.238. The second-order valence-electron chi connectivity index (χ2n) is 6.95. The van der Waals surface area contributed by atoms with Crippen molar-refractivity contribution in [2.45, 2.75) is 13.0 Å². The summed E-state index contributed by atoms with van der Waals surface area (Å²) < 4.78 is 28.7. The molecule has 0 saturated heterocycles. The Hall–Kier alpha value is -3.13. The van der Waals surface area contributed by atoms with Crippen LogP contribution in [0.4, 0.5) is 5.69 Å². The normalized spacial score (nSPS) is 13.3. The van der Waals surface area contributed by atoms with Crippen molar-refractivity contribution in [1.82, 2.24) is 14.9 Å². The molecule has 0 unspecified atom stereocenters. The van der Waals surface area contributed by atoms with Gasteiger partial charge in [-0.2, -0.15) is 0 Å². The van der Waals surface area contributed by atoms with Crippen LogP contribution >= 0.6 is 0 Å². The lowest BCUT2D eigenvalue weighted by atomic mass is 10.1. The topological polar surface area (TPSA) is 84.3 Å². The van der Waals surface area contributed by atoms with Gasteiger partial charge in [-0.05, 0) is 35.7 Å². The van der Waals surface area contributed by atoms with Crippen molar-refractivity contribution >= 4 is 21.6 Å². The minimum atomic E-state index is -3.48. The van der Waals surface area contributed by atoms with Gasteiger partial charge in [0.05, 0.1) is 17.8 Å². The van der Waals surface area contributed by atoms with Crippen LogP contribution in [0, 0.1) is 0 Å². The van der Waals surface area contributed by atoms with Crippen LogP contribution in [-0.4, -0.2) is 42.7 Å². The number of carbonyl (C=O) groups is 1. The lowest BCUT2D eigenvalue weighted by Crippen LogP contribution is -2.37. The zero-order valence-corrected chi connectivity index (χ0v) is 16.7. The summed E-state index contributed by atoms with van der Waals surface area (Å²) in [6, 6.07) is 14.8. The summed E-state index contributed by atoms with van der Waals surface area (Å²) in [5.74, 6) is -0.414. The van der Waals surface area contributed by atoms with Gasteiger partial charge in [0.1, 0.15) is 0 Å². The SMILES string of the molecule is O=C(NCCS(=O)(=O)N1CCc2ccccc21)c1ccc(Cn2ccnc2)cc1. The number of aromatic nitrogens is 2. The molecule has 7 nitrogen and oxygen atoms in total. The summed E-state index contributed by atoms with van der Waals surface area (Å²) >= 11 is 0. The average Bonchev–Trinajstić information content (AvgIpc) is 3.38. The van der Waals surface area contributed by atoms with E-state index in [1.54, 1.807) is 24.7 Å². The van der Waals surface area contributed by atoms with Crippen LogP contribution in [0.1, 0.15) is 21.5 Å². The molecule has 2 aromatic carbocycles. The van der Waals surface area contributed by atoms with Gasteiger partial charge in [0, 0.05) is 37.6 Å². The van der Waals surface area contributed by atoms with E-state index in [4.69, 9.17) is 0 Å². The zero-order chi connectivity index (χ0) is 20.3. The van der Waals surface area contributed by atoms with Crippen LogP contribution in [-0.2, 0) is 23.0 Å². The van der Waals surface area contributed by atoms with Gasteiger partial charge in [-0.15, -0.1) is 0 Å². The molecule has 0 bridgehead atoms. The van der Waals surface area contributed by atoms with E-state index in [0.29, 0.717) is 25.1 Å². The molecule has 3 aromatic rings. The maximum absolute atomic E-state index is 12.7. The Labute approximate surface area is 170 Å². The zero-order valence-electron chi connectivity index (χ0n) is 15.9. The molecule has 0 spiro atoms. The number of para-hydroxylation sites is 1. The van der Waals surface area contributed by atoms with Crippen molar-refractivity contribution in [3.05, 3.63) is 83.9 Å². The second-order valence-corrected chi connectivity index (χ2v) is 8.97. The van der Waals surface area contributed by atoms with Crippen molar-refractivity contribution in [3.8, 4) is 0 Å². The fourth-order valence-corrected chi connectivity index (χ4v) is 4.88. The Bertz CT molecular complexity index is 1090. The van der Waals surface area contributed by atoms with E-state index in [-0.39, 0.29) is 18.2 Å². The molecule has 8 heteroatoms. The number of amides is 1. The number of hydrogen-bond donors (Lipinski definition) is 1. The van der Waals surface area contributed by atoms with Crippen LogP contribution in [0.25, 0.3) is 0 Å². The molecule has 2 heterocycles. The van der Waals surface area contributed by atoms with Gasteiger partial charge in [0.25, 0.3) is 5.91 Å². The number of anilines is 1. The smallest absolute Gasteiger partial charge is 0.251 e. The fourth-order valence-electron chi connectivity index (χ4n) is 3.46. The van der Waals surface area contributed by atoms with Gasteiger partial charge in [0.2, 0.25) is 10.0 Å². The lowest BCUT2D eigenvalue weighted by molar-refractivity contribution is 0.0956. The molecule has 0 fully saturated rings. The number of fused-ring (bicyclic) bond motifs is 1. The molecule has 0 atom stereocenters. The lowest BCUT2D eigenvalue weighted by Gasteiger charge is -2.19. The van der Waals surface area contributed by atoms with Gasteiger partial charge in [-0.1, -0.05) is 30.3 Å². The predicted octanol–water partition coefficient (Wildman–Crippen LogP) is 2.05. The highest BCUT2D eigenvalue weighted by molar-refractivity contribution is 7.92. The molecule has 0 aliphatic carbocycles. The highest BCUT2D eigenvalue weighted by atomic mass is 32.2. The quantitative estimate of drug-likeness (QED) is 0.646. The highest BCUT2D eigenvalue weighted by Crippen LogP contribution is 2.29. The van der Waals surface area contributed by atoms with Crippen LogP contribution in [0.3, 0.4) is 0 Å². The summed E-state index contributed by atoms with van der Waals surface area (Å²) in [6.45, 7) is 1.20. The van der Waals surface area contributed by atoms with Gasteiger partial charge in [-0.3, -0.25) is 9.10 Å². The first-order valence-corrected chi connectivity index (χ1v) is 11.0. The average molecular weight is 410 g/mol. The summed E-state index contributed by atoms with van der Waals surface area (Å²) in [5.41, 5.74) is 3.33. The van der Waals surface area contributed by atoms with E-state index in [1.165, 1.54) is 4.31 Å². The number of nitrogens with one attached hydrogen (secondary N) is 1. The summed E-state index contributed by atoms with van der Waals surface area (Å²) in [5, 5.41) is 2.71. The Morgan fingerprint density at radius 2 is 1.90 bits per heavy atom. The third-order valence-corrected chi connectivity index (χ3v) is 6.74. The van der Waals surface area contributed by atoms with Gasteiger partial charge < -0.3 is 9.88 Å². The summed E-state index contributed by atoms with van der Waals surface area (Å²) in [7, 11) is -3.48. The van der Waals surface area contributed by atoms with Gasteiger partial charge >= 0.3 is 0 Å². The maximum atomic E-state index is 12.7. The van der Waals surface area contributed by atoms with Crippen LogP contribution in [0.5, 0.6) is 0 Å². The van der Waals surface area contributed by atoms with E-state index < -0.39 is 10.0 Å². The number of hydrogen-bond acceptors (Lipinski definition) is 4. The molecule has 150 valence electrons. The van der Waals surface area contributed by atoms with E-state index in [1.807, 2.05) is 47.2 Å². The van der Waals surface area contributed by atoms with E-state index in [2.05, 4.69) is 10.3 Å². The molecule has 1 aliphatic rings. The number of nitrogens with zero attached hydrogens (tertiary/aromatic N) is 3. The molecular weight excluding hydrogens is 388 g/mol. The molecule has 29 heavy (non-hydrogen) atoms. The highest BCUT2D eigenvalue weighted by Gasteiger charge is 2.28. The van der Waals surface area contributed by atoms with Crippen LogP contribution in [0.15, 0.2) is 67.3 Å². The Morgan fingerprint density at radius 3 is 2.66 bits per heavy atom. The minimum absolute atomic E-state index is 0.0661. The van der Waals surface area contributed by atoms with Crippen molar-refractivity contribution in [2.24, 2.45) is 0 Å². The van der Waals surface area contributed by atoms with Crippen molar-refractivity contribution in [1.29, 1.82) is 0 Å². The molecule has 0 radical (unpaired) electrons. The molecule has 4 rings (SSSR count). The number of rotatable bonds is 7. The van der Waals surface area contributed by atoms with E-state index in [9.17, 15) is 13.2 Å². The Balaban J connectivity index is 1.32. The third kappa shape index (κ3) is 4.32. The largest absolute Gasteiger partial charge is 0.351 e. The van der Waals surface area contributed by atoms with Crippen molar-refractivity contribution in [3.63, 3.8) is 0 Å². The van der Waals surface area contributed by atoms with Crippen molar-refractivity contribution in [2.75, 3.05) is 23.1 Å².